The number of hydrogen-bond acceptors (Lipinski definition) is 5. The number of halogens is 2. The minimum atomic E-state index is -2.61. The normalized spacial score (nSPS) is 20.9. The molecule has 2 aliphatic rings. The number of aromatic amines is 1. The van der Waals surface area contributed by atoms with Crippen LogP contribution >= 0.6 is 0 Å². The van der Waals surface area contributed by atoms with Gasteiger partial charge in [0, 0.05) is 67.8 Å². The molecule has 0 bridgehead atoms. The monoisotopic (exact) mass is 498 g/mol. The lowest BCUT2D eigenvalue weighted by Crippen LogP contribution is -2.53. The van der Waals surface area contributed by atoms with Gasteiger partial charge < -0.3 is 19.7 Å². The standard InChI is InChI=1S/C27H32F2N4O3/c1-16-11-22(36-4)19(17-7-9-30-23(16)17)13-33-10-8-26(14-27(28,29)15-26)12-21(33)18-5-6-20(25(34)35)31-24(18)32(2)3/h5-7,9,11,21,30H,8,10,12-15H2,1-4H3,(H,34,35)/t21-/m0/s1. The molecule has 0 radical (unpaired) electrons. The van der Waals surface area contributed by atoms with Crippen molar-refractivity contribution < 1.29 is 23.4 Å². The summed E-state index contributed by atoms with van der Waals surface area (Å²) in [6.07, 6.45) is 2.98. The highest BCUT2D eigenvalue weighted by Gasteiger charge is 2.58. The molecule has 9 heteroatoms. The minimum absolute atomic E-state index is 0.0380. The molecule has 1 atom stereocenters. The van der Waals surface area contributed by atoms with E-state index < -0.39 is 17.3 Å². The highest BCUT2D eigenvalue weighted by Crippen LogP contribution is 2.61. The van der Waals surface area contributed by atoms with E-state index in [1.807, 2.05) is 39.3 Å². The number of ether oxygens (including phenoxy) is 1. The summed E-state index contributed by atoms with van der Waals surface area (Å²) in [6, 6.07) is 7.19. The van der Waals surface area contributed by atoms with Crippen LogP contribution in [0.15, 0.2) is 30.5 Å². The predicted molar refractivity (Wildman–Crippen MR) is 134 cm³/mol. The number of aromatic carboxylic acids is 1. The number of carbonyl (C=O) groups is 1. The third kappa shape index (κ3) is 4.19. The van der Waals surface area contributed by atoms with Gasteiger partial charge >= 0.3 is 5.97 Å². The molecular weight excluding hydrogens is 466 g/mol. The number of fused-ring (bicyclic) bond motifs is 1. The van der Waals surface area contributed by atoms with E-state index in [1.165, 1.54) is 6.07 Å². The number of aryl methyl sites for hydroxylation is 1. The first kappa shape index (κ1) is 24.5. The van der Waals surface area contributed by atoms with Crippen LogP contribution in [-0.2, 0) is 6.54 Å². The molecule has 1 aliphatic heterocycles. The molecule has 1 aromatic carbocycles. The van der Waals surface area contributed by atoms with Gasteiger partial charge in [-0.2, -0.15) is 0 Å². The number of pyridine rings is 1. The van der Waals surface area contributed by atoms with Gasteiger partial charge in [0.15, 0.2) is 5.69 Å². The van der Waals surface area contributed by atoms with Crippen LogP contribution in [0.4, 0.5) is 14.6 Å². The van der Waals surface area contributed by atoms with E-state index in [9.17, 15) is 18.7 Å². The van der Waals surface area contributed by atoms with Crippen LogP contribution in [0, 0.1) is 12.3 Å². The van der Waals surface area contributed by atoms with Crippen molar-refractivity contribution in [3.05, 3.63) is 52.8 Å². The molecule has 36 heavy (non-hydrogen) atoms. The molecule has 1 saturated heterocycles. The van der Waals surface area contributed by atoms with E-state index in [0.717, 1.165) is 33.3 Å². The Balaban J connectivity index is 1.58. The second-order valence-corrected chi connectivity index (χ2v) is 10.6. The van der Waals surface area contributed by atoms with Gasteiger partial charge in [0.1, 0.15) is 11.6 Å². The van der Waals surface area contributed by atoms with Gasteiger partial charge in [-0.05, 0) is 55.5 Å². The molecule has 2 N–H and O–H groups in total. The second-order valence-electron chi connectivity index (χ2n) is 10.6. The van der Waals surface area contributed by atoms with Crippen molar-refractivity contribution in [1.29, 1.82) is 0 Å². The summed E-state index contributed by atoms with van der Waals surface area (Å²) in [5, 5.41) is 10.6. The molecule has 1 saturated carbocycles. The van der Waals surface area contributed by atoms with E-state index in [2.05, 4.69) is 14.9 Å². The minimum Gasteiger partial charge on any atom is -0.496 e. The molecule has 3 heterocycles. The van der Waals surface area contributed by atoms with Crippen molar-refractivity contribution >= 4 is 22.7 Å². The first-order valence-corrected chi connectivity index (χ1v) is 12.2. The number of nitrogens with one attached hydrogen (secondary N) is 1. The number of benzene rings is 1. The summed E-state index contributed by atoms with van der Waals surface area (Å²) in [5.74, 6) is -2.36. The molecular formula is C27H32F2N4O3. The van der Waals surface area contributed by atoms with E-state index in [-0.39, 0.29) is 24.6 Å². The number of rotatable bonds is 6. The molecule has 2 fully saturated rings. The maximum Gasteiger partial charge on any atom is 0.354 e. The average molecular weight is 499 g/mol. The van der Waals surface area contributed by atoms with Crippen molar-refractivity contribution in [1.82, 2.24) is 14.9 Å². The number of hydrogen-bond donors (Lipinski definition) is 2. The maximum absolute atomic E-state index is 14.0. The Kier molecular flexibility index (Phi) is 5.94. The largest absolute Gasteiger partial charge is 0.496 e. The number of piperidine rings is 1. The lowest BCUT2D eigenvalue weighted by Gasteiger charge is -2.55. The highest BCUT2D eigenvalue weighted by atomic mass is 19.3. The Morgan fingerprint density at radius 1 is 1.31 bits per heavy atom. The number of aromatic nitrogens is 2. The van der Waals surface area contributed by atoms with Crippen LogP contribution in [0.25, 0.3) is 10.9 Å². The molecule has 192 valence electrons. The van der Waals surface area contributed by atoms with Crippen molar-refractivity contribution in [2.24, 2.45) is 5.41 Å². The van der Waals surface area contributed by atoms with Crippen molar-refractivity contribution in [2.45, 2.75) is 51.1 Å². The fourth-order valence-corrected chi connectivity index (χ4v) is 6.22. The van der Waals surface area contributed by atoms with Crippen LogP contribution < -0.4 is 9.64 Å². The number of carboxylic acids is 1. The Bertz CT molecular complexity index is 1310. The Morgan fingerprint density at radius 3 is 2.69 bits per heavy atom. The highest BCUT2D eigenvalue weighted by molar-refractivity contribution is 5.88. The summed E-state index contributed by atoms with van der Waals surface area (Å²) >= 11 is 0. The van der Waals surface area contributed by atoms with E-state index in [0.29, 0.717) is 31.7 Å². The zero-order chi connectivity index (χ0) is 25.8. The molecule has 3 aromatic rings. The summed E-state index contributed by atoms with van der Waals surface area (Å²) in [6.45, 7) is 3.26. The lowest BCUT2D eigenvalue weighted by atomic mass is 9.59. The number of anilines is 1. The van der Waals surface area contributed by atoms with Crippen LogP contribution in [0.1, 0.15) is 58.9 Å². The average Bonchev–Trinajstić information content (AvgIpc) is 3.30. The second kappa shape index (κ2) is 8.73. The van der Waals surface area contributed by atoms with Gasteiger partial charge in [-0.15, -0.1) is 0 Å². The van der Waals surface area contributed by atoms with Crippen LogP contribution in [0.5, 0.6) is 5.75 Å². The number of nitrogens with zero attached hydrogens (tertiary/aromatic N) is 3. The van der Waals surface area contributed by atoms with Gasteiger partial charge in [-0.3, -0.25) is 4.90 Å². The Hall–Kier alpha value is -3.20. The molecule has 0 unspecified atom stereocenters. The van der Waals surface area contributed by atoms with Gasteiger partial charge in [0.2, 0.25) is 5.92 Å². The number of H-pyrrole nitrogens is 1. The summed E-state index contributed by atoms with van der Waals surface area (Å²) in [7, 11) is 5.31. The number of methoxy groups -OCH3 is 1. The maximum atomic E-state index is 14.0. The predicted octanol–water partition coefficient (Wildman–Crippen LogP) is 5.40. The Morgan fingerprint density at radius 2 is 2.06 bits per heavy atom. The molecule has 1 spiro atoms. The van der Waals surface area contributed by atoms with Gasteiger partial charge in [0.25, 0.3) is 0 Å². The number of likely N-dealkylation sites (tertiary alicyclic amines) is 1. The smallest absolute Gasteiger partial charge is 0.354 e. The van der Waals surface area contributed by atoms with Crippen molar-refractivity contribution in [3.8, 4) is 5.75 Å². The first-order chi connectivity index (χ1) is 17.0. The van der Waals surface area contributed by atoms with Crippen LogP contribution in [-0.4, -0.2) is 59.6 Å². The van der Waals surface area contributed by atoms with E-state index in [4.69, 9.17) is 4.74 Å². The van der Waals surface area contributed by atoms with E-state index >= 15 is 0 Å². The summed E-state index contributed by atoms with van der Waals surface area (Å²) < 4.78 is 33.9. The fraction of sp³-hybridized carbons (Fsp3) is 0.481. The molecule has 1 aliphatic carbocycles. The quantitative estimate of drug-likeness (QED) is 0.474. The Labute approximate surface area is 209 Å². The molecule has 7 nitrogen and oxygen atoms in total. The number of alkyl halides is 2. The number of carboxylic acid groups (broad SMARTS) is 1. The fourth-order valence-electron chi connectivity index (χ4n) is 6.22. The van der Waals surface area contributed by atoms with Gasteiger partial charge in [-0.25, -0.2) is 18.6 Å². The van der Waals surface area contributed by atoms with Crippen LogP contribution in [0.3, 0.4) is 0 Å². The van der Waals surface area contributed by atoms with Gasteiger partial charge in [-0.1, -0.05) is 6.07 Å². The SMILES string of the molecule is COc1cc(C)c2[nH]ccc2c1CN1CCC2(C[C@H]1c1ccc(C(=O)O)nc1N(C)C)CC(F)(F)C2. The zero-order valence-electron chi connectivity index (χ0n) is 21.1. The molecule has 2 aromatic heterocycles. The molecule has 0 amide bonds. The third-order valence-electron chi connectivity index (χ3n) is 7.86. The lowest BCUT2D eigenvalue weighted by molar-refractivity contribution is -0.186. The first-order valence-electron chi connectivity index (χ1n) is 12.2. The van der Waals surface area contributed by atoms with Crippen molar-refractivity contribution in [3.63, 3.8) is 0 Å². The van der Waals surface area contributed by atoms with Gasteiger partial charge in [0.05, 0.1) is 7.11 Å². The zero-order valence-corrected chi connectivity index (χ0v) is 21.1. The van der Waals surface area contributed by atoms with Crippen molar-refractivity contribution in [2.75, 3.05) is 32.6 Å². The third-order valence-corrected chi connectivity index (χ3v) is 7.86. The summed E-state index contributed by atoms with van der Waals surface area (Å²) in [5.41, 5.74) is 3.58. The summed E-state index contributed by atoms with van der Waals surface area (Å²) in [4.78, 5) is 23.4. The molecule has 5 rings (SSSR count). The van der Waals surface area contributed by atoms with E-state index in [1.54, 1.807) is 18.1 Å². The topological polar surface area (TPSA) is 81.7 Å². The van der Waals surface area contributed by atoms with Crippen LogP contribution in [0.2, 0.25) is 0 Å².